The molecule has 4 aliphatic rings. The summed E-state index contributed by atoms with van der Waals surface area (Å²) >= 11 is 0. The summed E-state index contributed by atoms with van der Waals surface area (Å²) in [6, 6.07) is 0. The van der Waals surface area contributed by atoms with E-state index in [4.69, 9.17) is 9.47 Å². The van der Waals surface area contributed by atoms with Crippen molar-refractivity contribution in [2.24, 2.45) is 40.9 Å². The van der Waals surface area contributed by atoms with Crippen LogP contribution in [0.1, 0.15) is 126 Å². The Morgan fingerprint density at radius 3 is 2.22 bits per heavy atom. The molecule has 49 heavy (non-hydrogen) atoms. The molecule has 0 aromatic rings. The smallest absolute Gasteiger partial charge is 0.314 e. The van der Waals surface area contributed by atoms with Gasteiger partial charge in [0.05, 0.1) is 41.9 Å². The van der Waals surface area contributed by atoms with Gasteiger partial charge in [-0.1, -0.05) is 69.9 Å². The molecule has 10 atom stereocenters. The van der Waals surface area contributed by atoms with E-state index >= 15 is 0 Å². The number of allylic oxidation sites excluding steroid dienone is 5. The third-order valence-electron chi connectivity index (χ3n) is 12.4. The summed E-state index contributed by atoms with van der Waals surface area (Å²) in [6.45, 7) is 15.3. The second-order valence-electron chi connectivity index (χ2n) is 16.9. The van der Waals surface area contributed by atoms with Crippen LogP contribution in [0.25, 0.3) is 0 Å². The predicted octanol–water partition coefficient (Wildman–Crippen LogP) is 7.05. The molecule has 2 heterocycles. The number of carbonyl (C=O) groups is 4. The topological polar surface area (TPSA) is 127 Å². The number of hydrogen-bond donors (Lipinski definition) is 2. The van der Waals surface area contributed by atoms with Crippen molar-refractivity contribution < 1.29 is 38.9 Å². The maximum absolute atomic E-state index is 14.6. The van der Waals surface area contributed by atoms with Gasteiger partial charge in [0.15, 0.2) is 0 Å². The molecule has 0 spiro atoms. The third kappa shape index (κ3) is 8.39. The fourth-order valence-corrected chi connectivity index (χ4v) is 8.93. The zero-order valence-electron chi connectivity index (χ0n) is 31.5. The number of hydrogen-bond acceptors (Lipinski definition) is 8. The fraction of sp³-hybridized carbons (Fsp3) is 0.756. The van der Waals surface area contributed by atoms with Crippen molar-refractivity contribution in [1.82, 2.24) is 0 Å². The van der Waals surface area contributed by atoms with Gasteiger partial charge in [-0.05, 0) is 83.6 Å². The first-order valence-electron chi connectivity index (χ1n) is 18.7. The molecule has 1 saturated heterocycles. The van der Waals surface area contributed by atoms with Gasteiger partial charge < -0.3 is 19.7 Å². The van der Waals surface area contributed by atoms with Crippen LogP contribution in [0, 0.1) is 40.9 Å². The number of ether oxygens (including phenoxy) is 2. The highest BCUT2D eigenvalue weighted by atomic mass is 16.5. The van der Waals surface area contributed by atoms with Crippen molar-refractivity contribution in [3.63, 3.8) is 0 Å². The minimum Gasteiger partial charge on any atom is -0.469 e. The minimum absolute atomic E-state index is 0.0359. The van der Waals surface area contributed by atoms with Crippen molar-refractivity contribution in [1.29, 1.82) is 0 Å². The van der Waals surface area contributed by atoms with Gasteiger partial charge in [-0.3, -0.25) is 19.2 Å². The largest absolute Gasteiger partial charge is 0.469 e. The van der Waals surface area contributed by atoms with E-state index in [1.165, 1.54) is 7.11 Å². The molecule has 8 nitrogen and oxygen atoms in total. The Balaban J connectivity index is 1.97. The molecule has 0 unspecified atom stereocenters. The van der Waals surface area contributed by atoms with Gasteiger partial charge >= 0.3 is 5.97 Å². The van der Waals surface area contributed by atoms with Crippen molar-refractivity contribution in [2.45, 2.75) is 149 Å². The van der Waals surface area contributed by atoms with Crippen LogP contribution in [-0.4, -0.2) is 64.1 Å². The maximum Gasteiger partial charge on any atom is 0.314 e. The summed E-state index contributed by atoms with van der Waals surface area (Å²) in [5, 5.41) is 23.1. The number of fused-ring (bicyclic) bond motifs is 5. The van der Waals surface area contributed by atoms with Crippen LogP contribution in [0.5, 0.6) is 0 Å². The third-order valence-corrected chi connectivity index (χ3v) is 12.4. The molecule has 2 N–H and O–H groups in total. The highest BCUT2D eigenvalue weighted by molar-refractivity contribution is 5.98. The Morgan fingerprint density at radius 2 is 1.57 bits per heavy atom. The van der Waals surface area contributed by atoms with Gasteiger partial charge in [0.2, 0.25) is 0 Å². The molecular weight excluding hydrogens is 620 g/mol. The van der Waals surface area contributed by atoms with Crippen LogP contribution in [0.15, 0.2) is 34.9 Å². The van der Waals surface area contributed by atoms with Crippen molar-refractivity contribution >= 4 is 23.3 Å². The lowest BCUT2D eigenvalue weighted by atomic mass is 9.54. The van der Waals surface area contributed by atoms with Crippen LogP contribution >= 0.6 is 0 Å². The van der Waals surface area contributed by atoms with E-state index in [2.05, 4.69) is 0 Å². The molecule has 1 saturated carbocycles. The zero-order valence-corrected chi connectivity index (χ0v) is 31.5. The average Bonchev–Trinajstić information content (AvgIpc) is 3.01. The number of esters is 1. The zero-order chi connectivity index (χ0) is 36.5. The van der Waals surface area contributed by atoms with Gasteiger partial charge in [-0.25, -0.2) is 0 Å². The SMILES string of the molecule is COC(=O)[C@@]12CC(=O)[C@@H](C(C)C)CC(=O)[C@@H](C)CCC[C@@H](C)CC(=O)[C@@H]1C=C(C)/C1=C\C[C@@](C)(O)[C@@H]3CC[C@](C)(O)[C@@H](CC/C(C)=C/[C@H]12)O3. The summed E-state index contributed by atoms with van der Waals surface area (Å²) in [4.78, 5) is 57.2. The molecule has 8 heteroatoms. The normalized spacial score (nSPS) is 42.5. The summed E-state index contributed by atoms with van der Waals surface area (Å²) in [6.07, 6.45) is 9.50. The van der Waals surface area contributed by atoms with E-state index in [0.29, 0.717) is 25.7 Å². The second-order valence-corrected chi connectivity index (χ2v) is 16.9. The molecule has 0 radical (unpaired) electrons. The van der Waals surface area contributed by atoms with Crippen LogP contribution in [0.2, 0.25) is 0 Å². The minimum atomic E-state index is -1.59. The van der Waals surface area contributed by atoms with E-state index in [1.807, 2.05) is 59.8 Å². The Labute approximate surface area is 294 Å². The summed E-state index contributed by atoms with van der Waals surface area (Å²) in [5.74, 6) is -3.38. The molecule has 2 aliphatic carbocycles. The Kier molecular flexibility index (Phi) is 12.4. The van der Waals surface area contributed by atoms with Crippen LogP contribution in [0.4, 0.5) is 0 Å². The molecule has 4 rings (SSSR count). The molecule has 0 aromatic carbocycles. The summed E-state index contributed by atoms with van der Waals surface area (Å²) in [7, 11) is 1.31. The van der Waals surface area contributed by atoms with Gasteiger partial charge in [0.1, 0.15) is 17.3 Å². The van der Waals surface area contributed by atoms with E-state index < -0.39 is 52.5 Å². The lowest BCUT2D eigenvalue weighted by Gasteiger charge is -2.48. The first-order valence-corrected chi connectivity index (χ1v) is 18.7. The van der Waals surface area contributed by atoms with Crippen LogP contribution in [-0.2, 0) is 28.7 Å². The van der Waals surface area contributed by atoms with E-state index in [1.54, 1.807) is 13.8 Å². The number of methoxy groups -OCH3 is 1. The monoisotopic (exact) mass is 682 g/mol. The average molecular weight is 683 g/mol. The summed E-state index contributed by atoms with van der Waals surface area (Å²) < 4.78 is 12.0. The highest BCUT2D eigenvalue weighted by Crippen LogP contribution is 2.54. The molecule has 2 bridgehead atoms. The van der Waals surface area contributed by atoms with Gasteiger partial charge in [-0.15, -0.1) is 0 Å². The van der Waals surface area contributed by atoms with Crippen molar-refractivity contribution in [2.75, 3.05) is 7.11 Å². The quantitative estimate of drug-likeness (QED) is 0.234. The maximum atomic E-state index is 14.6. The summed E-state index contributed by atoms with van der Waals surface area (Å²) in [5.41, 5.74) is -1.36. The van der Waals surface area contributed by atoms with Crippen LogP contribution < -0.4 is 0 Å². The number of rotatable bonds is 2. The van der Waals surface area contributed by atoms with E-state index in [0.717, 1.165) is 36.0 Å². The van der Waals surface area contributed by atoms with Gasteiger partial charge in [0, 0.05) is 37.0 Å². The lowest BCUT2D eigenvalue weighted by Crippen LogP contribution is -2.54. The Morgan fingerprint density at radius 1 is 0.898 bits per heavy atom. The van der Waals surface area contributed by atoms with Crippen molar-refractivity contribution in [3.05, 3.63) is 34.9 Å². The van der Waals surface area contributed by atoms with Gasteiger partial charge in [-0.2, -0.15) is 0 Å². The number of aliphatic hydroxyl groups is 2. The fourth-order valence-electron chi connectivity index (χ4n) is 8.93. The lowest BCUT2D eigenvalue weighted by molar-refractivity contribution is -0.214. The van der Waals surface area contributed by atoms with Gasteiger partial charge in [0.25, 0.3) is 0 Å². The molecular formula is C41H62O8. The molecule has 2 fully saturated rings. The number of Topliss-reactive ketones (excluding diaryl/α,β-unsaturated/α-hetero) is 3. The van der Waals surface area contributed by atoms with Crippen molar-refractivity contribution in [3.8, 4) is 0 Å². The molecule has 0 amide bonds. The standard InChI is InChI=1S/C41H62O8/c1-24(2)30-22-33(42)27(5)12-10-11-25(3)20-34(43)32-21-28(6)29-15-17-39(7,46)37-16-18-40(8,47)36(49-37)14-13-26(4)19-31(29)41(32,23-35(30)44)38(45)48-9/h15,19,21,24-25,27,30-32,36-37,46-47H,10-14,16-18,20,22-23H2,1-9H3/b26-19+,29-15+/t25-,27+,30-,31-,32+,36-,37+,39-,40+,41-/m1/s1. The number of ketones is 3. The molecule has 2 aliphatic heterocycles. The van der Waals surface area contributed by atoms with Crippen LogP contribution in [0.3, 0.4) is 0 Å². The predicted molar refractivity (Wildman–Crippen MR) is 189 cm³/mol. The second kappa shape index (κ2) is 15.4. The highest BCUT2D eigenvalue weighted by Gasteiger charge is 2.58. The number of carbonyl (C=O) groups excluding carboxylic acids is 4. The van der Waals surface area contributed by atoms with E-state index in [9.17, 15) is 29.4 Å². The Hall–Kier alpha value is -2.42. The first-order chi connectivity index (χ1) is 22.8. The first kappa shape index (κ1) is 39.4. The van der Waals surface area contributed by atoms with E-state index in [-0.39, 0.29) is 60.8 Å². The Bertz CT molecular complexity index is 1360. The molecule has 0 aromatic heterocycles. The molecule has 274 valence electrons.